The summed E-state index contributed by atoms with van der Waals surface area (Å²) in [4.78, 5) is 10.8. The van der Waals surface area contributed by atoms with Gasteiger partial charge < -0.3 is 15.0 Å². The molecular formula is C16H20N8O. The fraction of sp³-hybridized carbons (Fsp3) is 0.438. The van der Waals surface area contributed by atoms with Gasteiger partial charge in [0, 0.05) is 38.9 Å². The molecule has 0 saturated carbocycles. The van der Waals surface area contributed by atoms with Crippen LogP contribution in [0.15, 0.2) is 24.4 Å². The Morgan fingerprint density at radius 1 is 1.24 bits per heavy atom. The minimum Gasteiger partial charge on any atom is -0.377 e. The predicted molar refractivity (Wildman–Crippen MR) is 92.5 cm³/mol. The van der Waals surface area contributed by atoms with Crippen LogP contribution in [0.4, 0.5) is 11.6 Å². The van der Waals surface area contributed by atoms with Crippen molar-refractivity contribution in [2.24, 2.45) is 5.92 Å². The Morgan fingerprint density at radius 3 is 2.96 bits per heavy atom. The number of aryl methyl sites for hydroxylation is 1. The normalized spacial score (nSPS) is 14.7. The van der Waals surface area contributed by atoms with Gasteiger partial charge in [-0.1, -0.05) is 0 Å². The van der Waals surface area contributed by atoms with Crippen molar-refractivity contribution in [3.63, 3.8) is 0 Å². The van der Waals surface area contributed by atoms with Gasteiger partial charge in [-0.25, -0.2) is 9.97 Å². The molecule has 4 heterocycles. The Morgan fingerprint density at radius 2 is 2.12 bits per heavy atom. The zero-order valence-electron chi connectivity index (χ0n) is 14.3. The summed E-state index contributed by atoms with van der Waals surface area (Å²) < 4.78 is 6.84. The van der Waals surface area contributed by atoms with E-state index in [2.05, 4.69) is 35.5 Å². The van der Waals surface area contributed by atoms with Crippen LogP contribution >= 0.6 is 0 Å². The van der Waals surface area contributed by atoms with Gasteiger partial charge in [0.05, 0.1) is 0 Å². The Hall–Kier alpha value is -2.81. The monoisotopic (exact) mass is 340 g/mol. The van der Waals surface area contributed by atoms with Crippen LogP contribution in [0.1, 0.15) is 11.6 Å². The van der Waals surface area contributed by atoms with Crippen LogP contribution in [0, 0.1) is 12.8 Å². The Balaban J connectivity index is 1.32. The molecule has 1 aliphatic rings. The highest BCUT2D eigenvalue weighted by Crippen LogP contribution is 2.23. The first-order valence-corrected chi connectivity index (χ1v) is 8.21. The second kappa shape index (κ2) is 6.60. The summed E-state index contributed by atoms with van der Waals surface area (Å²) in [6.45, 7) is 5.11. The third kappa shape index (κ3) is 3.22. The number of rotatable bonds is 6. The molecule has 25 heavy (non-hydrogen) atoms. The van der Waals surface area contributed by atoms with Gasteiger partial charge in [0.15, 0.2) is 17.3 Å². The summed E-state index contributed by atoms with van der Waals surface area (Å²) in [6.07, 6.45) is 1.75. The molecule has 0 atom stereocenters. The van der Waals surface area contributed by atoms with Crippen molar-refractivity contribution < 1.29 is 4.74 Å². The standard InChI is InChI=1S/C16H20N8O/c1-11-20-21-15-3-4-16(22-24(11)15)23-8-12(9-23)7-18-13-5-6-17-14(19-13)10-25-2/h3-6,12H,7-10H2,1-2H3,(H,17,18,19). The molecule has 0 unspecified atom stereocenters. The predicted octanol–water partition coefficient (Wildman–Crippen LogP) is 0.917. The molecule has 3 aromatic heterocycles. The summed E-state index contributed by atoms with van der Waals surface area (Å²) in [5.41, 5.74) is 0.774. The fourth-order valence-corrected chi connectivity index (χ4v) is 2.89. The molecule has 0 aliphatic carbocycles. The molecular weight excluding hydrogens is 320 g/mol. The molecule has 4 rings (SSSR count). The van der Waals surface area contributed by atoms with E-state index in [1.165, 1.54) is 0 Å². The van der Waals surface area contributed by atoms with Gasteiger partial charge in [-0.15, -0.1) is 15.3 Å². The summed E-state index contributed by atoms with van der Waals surface area (Å²) in [6, 6.07) is 5.82. The van der Waals surface area contributed by atoms with Crippen LogP contribution < -0.4 is 10.2 Å². The number of anilines is 2. The Kier molecular flexibility index (Phi) is 4.14. The third-order valence-electron chi connectivity index (χ3n) is 4.24. The lowest BCUT2D eigenvalue weighted by Gasteiger charge is -2.40. The van der Waals surface area contributed by atoms with E-state index in [1.54, 1.807) is 17.8 Å². The van der Waals surface area contributed by atoms with E-state index < -0.39 is 0 Å². The van der Waals surface area contributed by atoms with E-state index in [1.807, 2.05) is 25.1 Å². The number of ether oxygens (including phenoxy) is 1. The van der Waals surface area contributed by atoms with Crippen molar-refractivity contribution in [2.75, 3.05) is 37.0 Å². The van der Waals surface area contributed by atoms with Crippen molar-refractivity contribution in [3.05, 3.63) is 36.0 Å². The van der Waals surface area contributed by atoms with E-state index in [0.29, 0.717) is 18.3 Å². The maximum atomic E-state index is 5.06. The van der Waals surface area contributed by atoms with Crippen LogP contribution in [-0.2, 0) is 11.3 Å². The van der Waals surface area contributed by atoms with Gasteiger partial charge in [0.25, 0.3) is 0 Å². The highest BCUT2D eigenvalue weighted by Gasteiger charge is 2.28. The smallest absolute Gasteiger partial charge is 0.178 e. The molecule has 0 spiro atoms. The largest absolute Gasteiger partial charge is 0.377 e. The molecule has 0 aromatic carbocycles. The number of fused-ring (bicyclic) bond motifs is 1. The van der Waals surface area contributed by atoms with Crippen molar-refractivity contribution >= 4 is 17.3 Å². The minimum atomic E-state index is 0.420. The number of nitrogens with zero attached hydrogens (tertiary/aromatic N) is 7. The van der Waals surface area contributed by atoms with Crippen LogP contribution in [0.2, 0.25) is 0 Å². The summed E-state index contributed by atoms with van der Waals surface area (Å²) in [5.74, 6) is 3.83. The van der Waals surface area contributed by atoms with Gasteiger partial charge in [-0.2, -0.15) is 4.52 Å². The fourth-order valence-electron chi connectivity index (χ4n) is 2.89. The van der Waals surface area contributed by atoms with E-state index in [0.717, 1.165) is 42.7 Å². The first-order valence-electron chi connectivity index (χ1n) is 8.21. The van der Waals surface area contributed by atoms with Gasteiger partial charge in [-0.05, 0) is 25.1 Å². The van der Waals surface area contributed by atoms with E-state index in [4.69, 9.17) is 4.74 Å². The molecule has 9 nitrogen and oxygen atoms in total. The molecule has 1 fully saturated rings. The van der Waals surface area contributed by atoms with E-state index in [-0.39, 0.29) is 0 Å². The number of nitrogens with one attached hydrogen (secondary N) is 1. The van der Waals surface area contributed by atoms with Gasteiger partial charge in [0.2, 0.25) is 0 Å². The number of aromatic nitrogens is 6. The van der Waals surface area contributed by atoms with Crippen LogP contribution in [-0.4, -0.2) is 56.5 Å². The first kappa shape index (κ1) is 15.7. The summed E-state index contributed by atoms with van der Waals surface area (Å²) in [7, 11) is 1.64. The molecule has 1 N–H and O–H groups in total. The zero-order chi connectivity index (χ0) is 17.2. The average molecular weight is 340 g/mol. The maximum Gasteiger partial charge on any atom is 0.178 e. The van der Waals surface area contributed by atoms with Gasteiger partial charge in [-0.3, -0.25) is 0 Å². The third-order valence-corrected chi connectivity index (χ3v) is 4.24. The Labute approximate surface area is 145 Å². The van der Waals surface area contributed by atoms with Crippen LogP contribution in [0.3, 0.4) is 0 Å². The molecule has 130 valence electrons. The second-order valence-electron chi connectivity index (χ2n) is 6.15. The summed E-state index contributed by atoms with van der Waals surface area (Å²) in [5, 5.41) is 16.1. The number of hydrogen-bond acceptors (Lipinski definition) is 8. The molecule has 9 heteroatoms. The number of methoxy groups -OCH3 is 1. The van der Waals surface area contributed by atoms with E-state index >= 15 is 0 Å². The highest BCUT2D eigenvalue weighted by atomic mass is 16.5. The topological polar surface area (TPSA) is 93.4 Å². The molecule has 3 aromatic rings. The lowest BCUT2D eigenvalue weighted by molar-refractivity contribution is 0.178. The van der Waals surface area contributed by atoms with Gasteiger partial charge >= 0.3 is 0 Å². The lowest BCUT2D eigenvalue weighted by Crippen LogP contribution is -2.50. The first-order chi connectivity index (χ1) is 12.2. The Bertz CT molecular complexity index is 873. The molecule has 0 radical (unpaired) electrons. The zero-order valence-corrected chi connectivity index (χ0v) is 14.3. The van der Waals surface area contributed by atoms with Crippen molar-refractivity contribution in [1.29, 1.82) is 0 Å². The van der Waals surface area contributed by atoms with Crippen LogP contribution in [0.5, 0.6) is 0 Å². The van der Waals surface area contributed by atoms with Crippen molar-refractivity contribution in [2.45, 2.75) is 13.5 Å². The van der Waals surface area contributed by atoms with Crippen LogP contribution in [0.25, 0.3) is 5.65 Å². The number of hydrogen-bond donors (Lipinski definition) is 1. The van der Waals surface area contributed by atoms with Crippen molar-refractivity contribution in [3.8, 4) is 0 Å². The van der Waals surface area contributed by atoms with Gasteiger partial charge in [0.1, 0.15) is 18.2 Å². The van der Waals surface area contributed by atoms with Crippen molar-refractivity contribution in [1.82, 2.24) is 29.8 Å². The maximum absolute atomic E-state index is 5.06. The lowest BCUT2D eigenvalue weighted by atomic mass is 10.0. The summed E-state index contributed by atoms with van der Waals surface area (Å²) >= 11 is 0. The SMILES string of the molecule is COCc1nccc(NCC2CN(c3ccc4nnc(C)n4n3)C2)n1. The molecule has 1 aliphatic heterocycles. The molecule has 1 saturated heterocycles. The van der Waals surface area contributed by atoms with E-state index in [9.17, 15) is 0 Å². The quantitative estimate of drug-likeness (QED) is 0.708. The second-order valence-corrected chi connectivity index (χ2v) is 6.15. The molecule has 0 amide bonds. The highest BCUT2D eigenvalue weighted by molar-refractivity contribution is 5.47. The molecule has 0 bridgehead atoms. The minimum absolute atomic E-state index is 0.420. The average Bonchev–Trinajstić information content (AvgIpc) is 2.95.